The summed E-state index contributed by atoms with van der Waals surface area (Å²) in [7, 11) is 3.76. The van der Waals surface area contributed by atoms with Crippen molar-refractivity contribution in [3.8, 4) is 0 Å². The van der Waals surface area contributed by atoms with Crippen LogP contribution < -0.4 is 5.32 Å². The molecule has 2 fully saturated rings. The fraction of sp³-hybridized carbons (Fsp3) is 0.641. The van der Waals surface area contributed by atoms with Crippen molar-refractivity contribution in [3.63, 3.8) is 0 Å². The number of aliphatic carboxylic acids is 1. The van der Waals surface area contributed by atoms with Gasteiger partial charge in [0.15, 0.2) is 11.9 Å². The van der Waals surface area contributed by atoms with Crippen molar-refractivity contribution in [2.75, 3.05) is 20.6 Å². The highest BCUT2D eigenvalue weighted by Gasteiger charge is 2.42. The van der Waals surface area contributed by atoms with Gasteiger partial charge in [-0.25, -0.2) is 4.98 Å². The topological polar surface area (TPSA) is 146 Å². The van der Waals surface area contributed by atoms with Gasteiger partial charge in [-0.1, -0.05) is 57.0 Å². The molecule has 11 nitrogen and oxygen atoms in total. The molecule has 0 bridgehead atoms. The number of hydrogen-bond acceptors (Lipinski definition) is 9. The Kier molecular flexibility index (Phi) is 14.3. The Balaban J connectivity index is 1.49. The van der Waals surface area contributed by atoms with Gasteiger partial charge in [-0.2, -0.15) is 0 Å². The normalized spacial score (nSPS) is 19.4. The van der Waals surface area contributed by atoms with E-state index in [9.17, 15) is 29.1 Å². The van der Waals surface area contributed by atoms with Crippen LogP contribution in [0.2, 0.25) is 0 Å². The maximum Gasteiger partial charge on any atom is 0.306 e. The monoisotopic (exact) mass is 724 g/mol. The molecule has 1 aliphatic carbocycles. The molecule has 2 amide bonds. The van der Waals surface area contributed by atoms with Crippen molar-refractivity contribution in [1.29, 1.82) is 0 Å². The molecule has 2 heterocycles. The van der Waals surface area contributed by atoms with E-state index in [4.69, 9.17) is 4.74 Å². The first-order valence-electron chi connectivity index (χ1n) is 18.4. The van der Waals surface area contributed by atoms with Gasteiger partial charge in [0.2, 0.25) is 5.91 Å². The first kappa shape index (κ1) is 40.1. The highest BCUT2D eigenvalue weighted by atomic mass is 32.1. The van der Waals surface area contributed by atoms with Gasteiger partial charge < -0.3 is 20.1 Å². The number of rotatable bonds is 18. The van der Waals surface area contributed by atoms with Gasteiger partial charge in [-0.15, -0.1) is 11.3 Å². The Morgan fingerprint density at radius 3 is 2.33 bits per heavy atom. The van der Waals surface area contributed by atoms with Crippen LogP contribution in [0.15, 0.2) is 29.6 Å². The standard InChI is InChI=1S/C39H56N4O7S/c1-23(2)33(43(7)38(47)30(28-15-16-28)20-34(45)32-10-8-9-17-42(32)6)21-35(50-26(5)44)37-41-31(22-51-37)36(46)40-29(18-25(4)39(48)49)19-27-13-11-24(3)12-14-27/h11-14,22-23,25,28-30,32-33,35H,8-10,15-21H2,1-7H3,(H,40,46)(H,48,49)/t25-,29+,30-,32+,33+,35+/m0/s1. The number of Topliss-reactive ketones (excluding diaryl/α,β-unsaturated/α-hetero) is 1. The van der Waals surface area contributed by atoms with Crippen molar-refractivity contribution < 1.29 is 33.8 Å². The summed E-state index contributed by atoms with van der Waals surface area (Å²) in [6.45, 7) is 9.85. The Morgan fingerprint density at radius 1 is 1.06 bits per heavy atom. The van der Waals surface area contributed by atoms with Crippen molar-refractivity contribution >= 4 is 40.9 Å². The summed E-state index contributed by atoms with van der Waals surface area (Å²) in [5.41, 5.74) is 2.23. The number of carbonyl (C=O) groups excluding carboxylic acids is 4. The van der Waals surface area contributed by atoms with Gasteiger partial charge in [0.25, 0.3) is 5.91 Å². The Morgan fingerprint density at radius 2 is 1.75 bits per heavy atom. The van der Waals surface area contributed by atoms with E-state index in [0.29, 0.717) is 11.4 Å². The molecule has 0 unspecified atom stereocenters. The van der Waals surface area contributed by atoms with Gasteiger partial charge >= 0.3 is 11.9 Å². The van der Waals surface area contributed by atoms with E-state index in [1.165, 1.54) is 18.3 Å². The lowest BCUT2D eigenvalue weighted by Crippen LogP contribution is -2.47. The highest BCUT2D eigenvalue weighted by Crippen LogP contribution is 2.41. The van der Waals surface area contributed by atoms with E-state index >= 15 is 0 Å². The average Bonchev–Trinajstić information content (AvgIpc) is 3.80. The molecule has 280 valence electrons. The third-order valence-electron chi connectivity index (χ3n) is 10.5. The molecular weight excluding hydrogens is 669 g/mol. The van der Waals surface area contributed by atoms with E-state index in [0.717, 1.165) is 49.8 Å². The summed E-state index contributed by atoms with van der Waals surface area (Å²) in [5.74, 6) is -2.65. The summed E-state index contributed by atoms with van der Waals surface area (Å²) in [5, 5.41) is 14.6. The second kappa shape index (κ2) is 18.2. The minimum Gasteiger partial charge on any atom is -0.481 e. The maximum atomic E-state index is 14.1. The van der Waals surface area contributed by atoms with Gasteiger partial charge in [0.05, 0.1) is 12.0 Å². The number of carboxylic acids is 1. The number of ether oxygens (including phenoxy) is 1. The van der Waals surface area contributed by atoms with E-state index in [2.05, 4.69) is 15.2 Å². The van der Waals surface area contributed by atoms with Crippen LogP contribution in [0.1, 0.15) is 112 Å². The number of aromatic nitrogens is 1. The zero-order valence-electron chi connectivity index (χ0n) is 31.2. The lowest BCUT2D eigenvalue weighted by molar-refractivity contribution is -0.149. The lowest BCUT2D eigenvalue weighted by atomic mass is 9.88. The van der Waals surface area contributed by atoms with Crippen LogP contribution in [0.3, 0.4) is 0 Å². The highest BCUT2D eigenvalue weighted by molar-refractivity contribution is 7.09. The number of esters is 1. The van der Waals surface area contributed by atoms with Crippen LogP contribution in [0, 0.1) is 30.6 Å². The van der Waals surface area contributed by atoms with E-state index in [1.807, 2.05) is 52.1 Å². The molecule has 6 atom stereocenters. The quantitative estimate of drug-likeness (QED) is 0.181. The summed E-state index contributed by atoms with van der Waals surface area (Å²) in [6.07, 6.45) is 5.21. The number of likely N-dealkylation sites (tertiary alicyclic amines) is 1. The summed E-state index contributed by atoms with van der Waals surface area (Å²) in [4.78, 5) is 73.5. The van der Waals surface area contributed by atoms with Gasteiger partial charge in [-0.3, -0.25) is 28.9 Å². The summed E-state index contributed by atoms with van der Waals surface area (Å²) in [6, 6.07) is 6.99. The van der Waals surface area contributed by atoms with Crippen LogP contribution in [0.4, 0.5) is 0 Å². The number of benzene rings is 1. The molecule has 4 rings (SSSR count). The molecule has 1 aromatic carbocycles. The number of nitrogens with one attached hydrogen (secondary N) is 1. The number of thiazole rings is 1. The largest absolute Gasteiger partial charge is 0.481 e. The van der Waals surface area contributed by atoms with Crippen molar-refractivity contribution in [2.45, 2.75) is 117 Å². The SMILES string of the molecule is CC(=O)O[C@H](C[C@H](C(C)C)N(C)C(=O)[C@@H](CC(=O)[C@H]1CCCCN1C)C1CC1)c1nc(C(=O)N[C@@H](Cc2ccc(C)cc2)C[C@H](C)C(=O)O)cs1. The van der Waals surface area contributed by atoms with Crippen LogP contribution >= 0.6 is 11.3 Å². The predicted molar refractivity (Wildman–Crippen MR) is 196 cm³/mol. The lowest BCUT2D eigenvalue weighted by Gasteiger charge is -2.36. The molecule has 2 aliphatic rings. The van der Waals surface area contributed by atoms with Crippen LogP contribution in [-0.4, -0.2) is 88.2 Å². The van der Waals surface area contributed by atoms with Gasteiger partial charge in [0.1, 0.15) is 10.7 Å². The molecule has 51 heavy (non-hydrogen) atoms. The minimum absolute atomic E-state index is 0.00136. The Hall–Kier alpha value is -3.64. The van der Waals surface area contributed by atoms with Crippen LogP contribution in [0.5, 0.6) is 0 Å². The first-order chi connectivity index (χ1) is 24.1. The molecule has 1 aromatic heterocycles. The maximum absolute atomic E-state index is 14.1. The number of ketones is 1. The molecule has 12 heteroatoms. The molecule has 0 spiro atoms. The number of nitrogens with zero attached hydrogens (tertiary/aromatic N) is 3. The Labute approximate surface area is 306 Å². The van der Waals surface area contributed by atoms with Crippen molar-refractivity contribution in [1.82, 2.24) is 20.1 Å². The molecule has 1 saturated carbocycles. The average molecular weight is 725 g/mol. The van der Waals surface area contributed by atoms with Gasteiger partial charge in [0, 0.05) is 50.2 Å². The Bertz CT molecular complexity index is 1520. The van der Waals surface area contributed by atoms with Crippen LogP contribution in [0.25, 0.3) is 0 Å². The van der Waals surface area contributed by atoms with E-state index in [1.54, 1.807) is 24.3 Å². The zero-order valence-corrected chi connectivity index (χ0v) is 32.0. The van der Waals surface area contributed by atoms with Crippen molar-refractivity contribution in [3.05, 3.63) is 51.5 Å². The number of likely N-dealkylation sites (N-methyl/N-ethyl adjacent to an activating group) is 1. The predicted octanol–water partition coefficient (Wildman–Crippen LogP) is 5.85. The number of carboxylic acid groups (broad SMARTS) is 1. The van der Waals surface area contributed by atoms with Crippen molar-refractivity contribution in [2.24, 2.45) is 23.7 Å². The van der Waals surface area contributed by atoms with E-state index in [-0.39, 0.29) is 66.5 Å². The van der Waals surface area contributed by atoms with Crippen LogP contribution in [-0.2, 0) is 30.3 Å². The summed E-state index contributed by atoms with van der Waals surface area (Å²) < 4.78 is 5.78. The summed E-state index contributed by atoms with van der Waals surface area (Å²) >= 11 is 1.20. The molecule has 1 saturated heterocycles. The fourth-order valence-electron chi connectivity index (χ4n) is 7.24. The molecular formula is C39H56N4O7S. The number of aryl methyl sites for hydroxylation is 1. The molecule has 2 N–H and O–H groups in total. The van der Waals surface area contributed by atoms with Gasteiger partial charge in [-0.05, 0) is 76.4 Å². The molecule has 2 aromatic rings. The number of piperidine rings is 1. The molecule has 1 aliphatic heterocycles. The third-order valence-corrected chi connectivity index (χ3v) is 11.4. The minimum atomic E-state index is -0.937. The second-order valence-corrected chi connectivity index (χ2v) is 16.0. The molecule has 0 radical (unpaired) electrons. The smallest absolute Gasteiger partial charge is 0.306 e. The first-order valence-corrected chi connectivity index (χ1v) is 19.2. The number of amides is 2. The fourth-order valence-corrected chi connectivity index (χ4v) is 8.08. The third kappa shape index (κ3) is 11.4. The number of hydrogen-bond donors (Lipinski definition) is 2. The zero-order chi connectivity index (χ0) is 37.4. The van der Waals surface area contributed by atoms with E-state index < -0.39 is 35.9 Å². The number of carbonyl (C=O) groups is 5. The second-order valence-electron chi connectivity index (χ2n) is 15.1.